The van der Waals surface area contributed by atoms with Gasteiger partial charge < -0.3 is 15.8 Å². The van der Waals surface area contributed by atoms with Gasteiger partial charge in [0, 0.05) is 29.3 Å². The lowest BCUT2D eigenvalue weighted by Crippen LogP contribution is -2.23. The Hall–Kier alpha value is -3.91. The van der Waals surface area contributed by atoms with Crippen LogP contribution in [-0.2, 0) is 29.0 Å². The van der Waals surface area contributed by atoms with E-state index in [9.17, 15) is 9.59 Å². The number of aromatic nitrogens is 3. The van der Waals surface area contributed by atoms with Crippen molar-refractivity contribution in [2.75, 3.05) is 12.8 Å². The van der Waals surface area contributed by atoms with Crippen molar-refractivity contribution in [2.45, 2.75) is 33.4 Å². The molecule has 0 unspecified atom stereocenters. The number of ether oxygens (including phenoxy) is 1. The average molecular weight is 492 g/mol. The van der Waals surface area contributed by atoms with Crippen LogP contribution in [0.3, 0.4) is 0 Å². The second-order valence-electron chi connectivity index (χ2n) is 8.38. The number of carbonyl (C=O) groups is 2. The normalized spacial score (nSPS) is 11.0. The van der Waals surface area contributed by atoms with Crippen LogP contribution in [0.4, 0.5) is 5.82 Å². The summed E-state index contributed by atoms with van der Waals surface area (Å²) in [5.41, 5.74) is 11.2. The standard InChI is InChI=1S/C26H26ClN5O3/c1-15-8-21-20(6-7-29-25(21)28)16(2)22(15)12-30-26(34)19-11-31-32(14-19)13-17-4-5-18(23(27)9-17)10-24(33)35-3/h4-9,11,14H,10,12-13H2,1-3H3,(H2,28,29)(H,30,34). The number of hydrogen-bond acceptors (Lipinski definition) is 6. The van der Waals surface area contributed by atoms with Crippen LogP contribution in [0.1, 0.15) is 38.2 Å². The molecule has 1 amide bonds. The highest BCUT2D eigenvalue weighted by atomic mass is 35.5. The number of nitrogens with zero attached hydrogens (tertiary/aromatic N) is 3. The fourth-order valence-electron chi connectivity index (χ4n) is 4.09. The van der Waals surface area contributed by atoms with Gasteiger partial charge in [-0.3, -0.25) is 14.3 Å². The molecule has 4 rings (SSSR count). The minimum Gasteiger partial charge on any atom is -0.469 e. The maximum atomic E-state index is 12.8. The van der Waals surface area contributed by atoms with Crippen LogP contribution >= 0.6 is 11.6 Å². The first kappa shape index (κ1) is 24.2. The summed E-state index contributed by atoms with van der Waals surface area (Å²) in [6.07, 6.45) is 5.03. The van der Waals surface area contributed by atoms with E-state index in [2.05, 4.69) is 20.1 Å². The van der Waals surface area contributed by atoms with Crippen molar-refractivity contribution in [1.82, 2.24) is 20.1 Å². The van der Waals surface area contributed by atoms with Crippen molar-refractivity contribution in [3.05, 3.63) is 87.3 Å². The molecule has 9 heteroatoms. The zero-order valence-corrected chi connectivity index (χ0v) is 20.5. The molecule has 0 radical (unpaired) electrons. The molecular formula is C26H26ClN5O3. The number of methoxy groups -OCH3 is 1. The predicted molar refractivity (Wildman–Crippen MR) is 135 cm³/mol. The van der Waals surface area contributed by atoms with Crippen LogP contribution in [0.15, 0.2) is 48.9 Å². The van der Waals surface area contributed by atoms with Gasteiger partial charge in [-0.15, -0.1) is 0 Å². The van der Waals surface area contributed by atoms with E-state index in [-0.39, 0.29) is 18.3 Å². The van der Waals surface area contributed by atoms with Gasteiger partial charge in [-0.05, 0) is 65.3 Å². The highest BCUT2D eigenvalue weighted by molar-refractivity contribution is 6.31. The summed E-state index contributed by atoms with van der Waals surface area (Å²) < 4.78 is 6.36. The number of nitrogens with two attached hydrogens (primary N) is 1. The molecule has 0 fully saturated rings. The molecule has 4 aromatic rings. The summed E-state index contributed by atoms with van der Waals surface area (Å²) in [6.45, 7) is 4.84. The van der Waals surface area contributed by atoms with Gasteiger partial charge in [0.25, 0.3) is 5.91 Å². The topological polar surface area (TPSA) is 112 Å². The number of esters is 1. The number of carbonyl (C=O) groups excluding carboxylic acids is 2. The average Bonchev–Trinajstić information content (AvgIpc) is 3.30. The van der Waals surface area contributed by atoms with E-state index in [4.69, 9.17) is 17.3 Å². The summed E-state index contributed by atoms with van der Waals surface area (Å²) in [6, 6.07) is 9.40. The molecule has 0 spiro atoms. The van der Waals surface area contributed by atoms with E-state index in [0.29, 0.717) is 35.1 Å². The Morgan fingerprint density at radius 2 is 1.97 bits per heavy atom. The number of halogens is 1. The maximum absolute atomic E-state index is 12.8. The molecule has 0 aliphatic rings. The molecule has 2 aromatic heterocycles. The van der Waals surface area contributed by atoms with Gasteiger partial charge in [0.1, 0.15) is 5.82 Å². The van der Waals surface area contributed by atoms with E-state index >= 15 is 0 Å². The van der Waals surface area contributed by atoms with Crippen molar-refractivity contribution in [3.63, 3.8) is 0 Å². The fraction of sp³-hybridized carbons (Fsp3) is 0.231. The number of rotatable bonds is 7. The minimum atomic E-state index is -0.349. The summed E-state index contributed by atoms with van der Waals surface area (Å²) in [5.74, 6) is -0.0652. The highest BCUT2D eigenvalue weighted by Crippen LogP contribution is 2.28. The second-order valence-corrected chi connectivity index (χ2v) is 8.78. The third-order valence-corrected chi connectivity index (χ3v) is 6.41. The SMILES string of the molecule is COC(=O)Cc1ccc(Cn2cc(C(=O)NCc3c(C)cc4c(N)nccc4c3C)cn2)cc1Cl. The first-order chi connectivity index (χ1) is 16.8. The molecule has 0 atom stereocenters. The van der Waals surface area contributed by atoms with Crippen molar-refractivity contribution >= 4 is 40.1 Å². The number of anilines is 1. The molecule has 0 saturated carbocycles. The minimum absolute atomic E-state index is 0.113. The van der Waals surface area contributed by atoms with Gasteiger partial charge in [0.2, 0.25) is 0 Å². The first-order valence-corrected chi connectivity index (χ1v) is 11.4. The van der Waals surface area contributed by atoms with E-state index in [1.54, 1.807) is 29.2 Å². The highest BCUT2D eigenvalue weighted by Gasteiger charge is 2.14. The number of nitrogens with one attached hydrogen (secondary N) is 1. The Bertz CT molecular complexity index is 1430. The molecule has 2 aromatic carbocycles. The quantitative estimate of drug-likeness (QED) is 0.378. The molecule has 2 heterocycles. The molecule has 0 saturated heterocycles. The largest absolute Gasteiger partial charge is 0.469 e. The molecular weight excluding hydrogens is 466 g/mol. The Morgan fingerprint density at radius 3 is 2.71 bits per heavy atom. The van der Waals surface area contributed by atoms with E-state index < -0.39 is 0 Å². The zero-order valence-electron chi connectivity index (χ0n) is 19.8. The fourth-order valence-corrected chi connectivity index (χ4v) is 4.36. The number of hydrogen-bond donors (Lipinski definition) is 2. The predicted octanol–water partition coefficient (Wildman–Crippen LogP) is 3.98. The zero-order chi connectivity index (χ0) is 25.1. The van der Waals surface area contributed by atoms with Crippen LogP contribution in [0, 0.1) is 13.8 Å². The number of aryl methyl sites for hydroxylation is 2. The van der Waals surface area contributed by atoms with E-state index in [0.717, 1.165) is 33.0 Å². The van der Waals surface area contributed by atoms with Gasteiger partial charge in [-0.25, -0.2) is 4.98 Å². The van der Waals surface area contributed by atoms with Crippen LogP contribution < -0.4 is 11.1 Å². The summed E-state index contributed by atoms with van der Waals surface area (Å²) in [7, 11) is 1.34. The van der Waals surface area contributed by atoms with Crippen LogP contribution in [0.25, 0.3) is 10.8 Å². The van der Waals surface area contributed by atoms with E-state index in [1.807, 2.05) is 32.0 Å². The summed E-state index contributed by atoms with van der Waals surface area (Å²) in [4.78, 5) is 28.4. The molecule has 0 aliphatic carbocycles. The molecule has 180 valence electrons. The van der Waals surface area contributed by atoms with E-state index in [1.165, 1.54) is 13.3 Å². The Morgan fingerprint density at radius 1 is 1.17 bits per heavy atom. The van der Waals surface area contributed by atoms with Gasteiger partial charge >= 0.3 is 5.97 Å². The number of nitrogen functional groups attached to an aromatic ring is 1. The maximum Gasteiger partial charge on any atom is 0.310 e. The van der Waals surface area contributed by atoms with Crippen LogP contribution in [-0.4, -0.2) is 33.8 Å². The van der Waals surface area contributed by atoms with Crippen molar-refractivity contribution in [1.29, 1.82) is 0 Å². The van der Waals surface area contributed by atoms with Gasteiger partial charge in [-0.2, -0.15) is 5.10 Å². The monoisotopic (exact) mass is 491 g/mol. The lowest BCUT2D eigenvalue weighted by molar-refractivity contribution is -0.139. The molecule has 0 aliphatic heterocycles. The Balaban J connectivity index is 1.43. The summed E-state index contributed by atoms with van der Waals surface area (Å²) in [5, 5.41) is 9.72. The Labute approximate surface area is 208 Å². The number of amides is 1. The lowest BCUT2D eigenvalue weighted by Gasteiger charge is -2.14. The third kappa shape index (κ3) is 5.27. The second kappa shape index (κ2) is 10.1. The van der Waals surface area contributed by atoms with Gasteiger partial charge in [0.05, 0.1) is 31.8 Å². The summed E-state index contributed by atoms with van der Waals surface area (Å²) >= 11 is 6.31. The number of fused-ring (bicyclic) bond motifs is 1. The van der Waals surface area contributed by atoms with Gasteiger partial charge in [0.15, 0.2) is 0 Å². The van der Waals surface area contributed by atoms with Crippen LogP contribution in [0.2, 0.25) is 5.02 Å². The lowest BCUT2D eigenvalue weighted by atomic mass is 9.96. The van der Waals surface area contributed by atoms with Crippen molar-refractivity contribution < 1.29 is 14.3 Å². The molecule has 35 heavy (non-hydrogen) atoms. The molecule has 8 nitrogen and oxygen atoms in total. The number of benzene rings is 2. The van der Waals surface area contributed by atoms with Crippen molar-refractivity contribution in [2.24, 2.45) is 0 Å². The van der Waals surface area contributed by atoms with Gasteiger partial charge in [-0.1, -0.05) is 23.7 Å². The number of pyridine rings is 1. The van der Waals surface area contributed by atoms with Crippen molar-refractivity contribution in [3.8, 4) is 0 Å². The van der Waals surface area contributed by atoms with Crippen LogP contribution in [0.5, 0.6) is 0 Å². The first-order valence-electron chi connectivity index (χ1n) is 11.0. The molecule has 0 bridgehead atoms. The smallest absolute Gasteiger partial charge is 0.310 e. The Kier molecular flexibility index (Phi) is 7.02. The third-order valence-electron chi connectivity index (χ3n) is 6.06. The molecule has 3 N–H and O–H groups in total.